The molecule has 1 atom stereocenters. The van der Waals surface area contributed by atoms with E-state index in [4.69, 9.17) is 20.8 Å². The van der Waals surface area contributed by atoms with E-state index in [1.807, 2.05) is 0 Å². The molecule has 5 heteroatoms. The number of benzene rings is 2. The molecular weight excluding hydrogens is 295 g/mol. The Hall–Kier alpha value is -2.04. The van der Waals surface area contributed by atoms with Crippen molar-refractivity contribution in [2.75, 3.05) is 7.11 Å². The first-order valence-electron chi connectivity index (χ1n) is 6.29. The number of aliphatic hydroxyl groups is 1. The van der Waals surface area contributed by atoms with Gasteiger partial charge in [0.1, 0.15) is 29.0 Å². The van der Waals surface area contributed by atoms with Crippen molar-refractivity contribution in [1.29, 1.82) is 0 Å². The van der Waals surface area contributed by atoms with Gasteiger partial charge in [0.05, 0.1) is 7.11 Å². The van der Waals surface area contributed by atoms with E-state index in [-0.39, 0.29) is 11.3 Å². The number of furan rings is 1. The summed E-state index contributed by atoms with van der Waals surface area (Å²) in [5.41, 5.74) is 0.711. The summed E-state index contributed by atoms with van der Waals surface area (Å²) in [6.45, 7) is 0. The standard InChI is InChI=1S/C16H12ClFO3/c1-20-11-3-4-12(13(18)8-11)16(19)15-7-9-6-10(17)2-5-14(9)21-15/h2-8,16,19H,1H3. The molecule has 1 unspecified atom stereocenters. The van der Waals surface area contributed by atoms with Crippen molar-refractivity contribution in [1.82, 2.24) is 0 Å². The number of methoxy groups -OCH3 is 1. The Labute approximate surface area is 125 Å². The summed E-state index contributed by atoms with van der Waals surface area (Å²) in [6, 6.07) is 11.0. The lowest BCUT2D eigenvalue weighted by Crippen LogP contribution is -2.01. The maximum atomic E-state index is 14.0. The first-order valence-corrected chi connectivity index (χ1v) is 6.67. The maximum Gasteiger partial charge on any atom is 0.139 e. The first kappa shape index (κ1) is 13.9. The van der Waals surface area contributed by atoms with Crippen LogP contribution in [0.5, 0.6) is 5.75 Å². The van der Waals surface area contributed by atoms with Crippen LogP contribution in [0, 0.1) is 5.82 Å². The number of hydrogen-bond donors (Lipinski definition) is 1. The summed E-state index contributed by atoms with van der Waals surface area (Å²) in [4.78, 5) is 0. The van der Waals surface area contributed by atoms with Gasteiger partial charge in [-0.15, -0.1) is 0 Å². The molecule has 0 saturated heterocycles. The van der Waals surface area contributed by atoms with Gasteiger partial charge in [0.25, 0.3) is 0 Å². The monoisotopic (exact) mass is 306 g/mol. The van der Waals surface area contributed by atoms with Gasteiger partial charge in [-0.1, -0.05) is 11.6 Å². The van der Waals surface area contributed by atoms with E-state index in [1.54, 1.807) is 30.3 Å². The lowest BCUT2D eigenvalue weighted by atomic mass is 10.1. The van der Waals surface area contributed by atoms with Crippen molar-refractivity contribution in [3.8, 4) is 5.75 Å². The van der Waals surface area contributed by atoms with E-state index in [9.17, 15) is 9.50 Å². The van der Waals surface area contributed by atoms with Crippen LogP contribution in [-0.2, 0) is 0 Å². The molecule has 0 saturated carbocycles. The third-order valence-electron chi connectivity index (χ3n) is 3.27. The lowest BCUT2D eigenvalue weighted by Gasteiger charge is -2.10. The zero-order valence-electron chi connectivity index (χ0n) is 11.1. The molecule has 3 nitrogen and oxygen atoms in total. The number of rotatable bonds is 3. The summed E-state index contributed by atoms with van der Waals surface area (Å²) in [5, 5.41) is 11.6. The highest BCUT2D eigenvalue weighted by atomic mass is 35.5. The van der Waals surface area contributed by atoms with Crippen LogP contribution in [0.15, 0.2) is 46.9 Å². The van der Waals surface area contributed by atoms with Crippen molar-refractivity contribution >= 4 is 22.6 Å². The minimum Gasteiger partial charge on any atom is -0.497 e. The lowest BCUT2D eigenvalue weighted by molar-refractivity contribution is 0.187. The van der Waals surface area contributed by atoms with Crippen LogP contribution in [0.2, 0.25) is 5.02 Å². The second kappa shape index (κ2) is 5.39. The van der Waals surface area contributed by atoms with Crippen molar-refractivity contribution in [3.05, 3.63) is 64.6 Å². The Kier molecular flexibility index (Phi) is 3.57. The zero-order valence-corrected chi connectivity index (χ0v) is 11.9. The second-order valence-electron chi connectivity index (χ2n) is 4.62. The average Bonchev–Trinajstić information content (AvgIpc) is 2.89. The number of hydrogen-bond acceptors (Lipinski definition) is 3. The van der Waals surface area contributed by atoms with Gasteiger partial charge in [-0.25, -0.2) is 4.39 Å². The number of ether oxygens (including phenoxy) is 1. The summed E-state index contributed by atoms with van der Waals surface area (Å²) >= 11 is 5.91. The molecule has 1 aromatic heterocycles. The molecule has 0 fully saturated rings. The van der Waals surface area contributed by atoms with Crippen LogP contribution >= 0.6 is 11.6 Å². The Morgan fingerprint density at radius 1 is 1.19 bits per heavy atom. The Morgan fingerprint density at radius 2 is 2.00 bits per heavy atom. The van der Waals surface area contributed by atoms with E-state index in [2.05, 4.69) is 0 Å². The summed E-state index contributed by atoms with van der Waals surface area (Å²) < 4.78 is 24.5. The molecule has 1 N–H and O–H groups in total. The summed E-state index contributed by atoms with van der Waals surface area (Å²) in [7, 11) is 1.45. The average molecular weight is 307 g/mol. The highest BCUT2D eigenvalue weighted by Gasteiger charge is 2.19. The third kappa shape index (κ3) is 2.60. The van der Waals surface area contributed by atoms with Gasteiger partial charge in [0.2, 0.25) is 0 Å². The molecule has 0 amide bonds. The van der Waals surface area contributed by atoms with Gasteiger partial charge in [0.15, 0.2) is 0 Å². The molecule has 0 spiro atoms. The first-order chi connectivity index (χ1) is 10.1. The number of fused-ring (bicyclic) bond motifs is 1. The van der Waals surface area contributed by atoms with Gasteiger partial charge < -0.3 is 14.3 Å². The largest absolute Gasteiger partial charge is 0.497 e. The normalized spacial score (nSPS) is 12.6. The van der Waals surface area contributed by atoms with E-state index >= 15 is 0 Å². The minimum atomic E-state index is -1.19. The quantitative estimate of drug-likeness (QED) is 0.784. The molecule has 1 heterocycles. The molecule has 0 aliphatic carbocycles. The molecular formula is C16H12ClFO3. The SMILES string of the molecule is COc1ccc(C(O)c2cc3cc(Cl)ccc3o2)c(F)c1. The van der Waals surface area contributed by atoms with E-state index in [0.29, 0.717) is 16.4 Å². The third-order valence-corrected chi connectivity index (χ3v) is 3.50. The van der Waals surface area contributed by atoms with Crippen LogP contribution < -0.4 is 4.74 Å². The molecule has 3 rings (SSSR count). The van der Waals surface area contributed by atoms with E-state index in [0.717, 1.165) is 5.39 Å². The Bertz CT molecular complexity index is 797. The van der Waals surface area contributed by atoms with Gasteiger partial charge in [-0.2, -0.15) is 0 Å². The number of aliphatic hydroxyl groups excluding tert-OH is 1. The summed E-state index contributed by atoms with van der Waals surface area (Å²) in [5.74, 6) is 0.0940. The molecule has 0 bridgehead atoms. The molecule has 108 valence electrons. The second-order valence-corrected chi connectivity index (χ2v) is 5.06. The fourth-order valence-corrected chi connectivity index (χ4v) is 2.36. The van der Waals surface area contributed by atoms with E-state index < -0.39 is 11.9 Å². The van der Waals surface area contributed by atoms with Crippen LogP contribution in [0.3, 0.4) is 0 Å². The predicted molar refractivity (Wildman–Crippen MR) is 78.2 cm³/mol. The Morgan fingerprint density at radius 3 is 2.71 bits per heavy atom. The smallest absolute Gasteiger partial charge is 0.139 e. The fraction of sp³-hybridized carbons (Fsp3) is 0.125. The minimum absolute atomic E-state index is 0.126. The maximum absolute atomic E-state index is 14.0. The van der Waals surface area contributed by atoms with E-state index in [1.165, 1.54) is 19.2 Å². The molecule has 0 aliphatic heterocycles. The van der Waals surface area contributed by atoms with Crippen LogP contribution in [0.1, 0.15) is 17.4 Å². The van der Waals surface area contributed by atoms with Crippen molar-refractivity contribution < 1.29 is 18.7 Å². The predicted octanol–water partition coefficient (Wildman–Crippen LogP) is 4.32. The Balaban J connectivity index is 2.01. The highest BCUT2D eigenvalue weighted by Crippen LogP contribution is 2.31. The molecule has 3 aromatic rings. The van der Waals surface area contributed by atoms with Gasteiger partial charge in [-0.05, 0) is 36.4 Å². The van der Waals surface area contributed by atoms with Gasteiger partial charge in [-0.3, -0.25) is 0 Å². The molecule has 0 aliphatic rings. The van der Waals surface area contributed by atoms with Gasteiger partial charge >= 0.3 is 0 Å². The van der Waals surface area contributed by atoms with Crippen molar-refractivity contribution in [2.24, 2.45) is 0 Å². The topological polar surface area (TPSA) is 42.6 Å². The van der Waals surface area contributed by atoms with Crippen LogP contribution in [-0.4, -0.2) is 12.2 Å². The van der Waals surface area contributed by atoms with Crippen LogP contribution in [0.25, 0.3) is 11.0 Å². The number of halogens is 2. The molecule has 21 heavy (non-hydrogen) atoms. The summed E-state index contributed by atoms with van der Waals surface area (Å²) in [6.07, 6.45) is -1.19. The molecule has 2 aromatic carbocycles. The highest BCUT2D eigenvalue weighted by molar-refractivity contribution is 6.31. The van der Waals surface area contributed by atoms with Crippen LogP contribution in [0.4, 0.5) is 4.39 Å². The van der Waals surface area contributed by atoms with Gasteiger partial charge in [0, 0.05) is 22.0 Å². The fourth-order valence-electron chi connectivity index (χ4n) is 2.18. The molecule has 0 radical (unpaired) electrons. The van der Waals surface area contributed by atoms with Crippen molar-refractivity contribution in [2.45, 2.75) is 6.10 Å². The zero-order chi connectivity index (χ0) is 15.0. The van der Waals surface area contributed by atoms with Crippen molar-refractivity contribution in [3.63, 3.8) is 0 Å².